The van der Waals surface area contributed by atoms with Gasteiger partial charge in [0.2, 0.25) is 5.91 Å². The number of nitrogens with two attached hydrogens (primary N) is 1. The van der Waals surface area contributed by atoms with E-state index >= 15 is 0 Å². The molecule has 0 bridgehead atoms. The fourth-order valence-corrected chi connectivity index (χ4v) is 4.08. The molecule has 1 aliphatic heterocycles. The Bertz CT molecular complexity index is 1010. The molecule has 1 saturated heterocycles. The van der Waals surface area contributed by atoms with Gasteiger partial charge in [-0.3, -0.25) is 4.79 Å². The van der Waals surface area contributed by atoms with Crippen molar-refractivity contribution < 1.29 is 9.53 Å². The largest absolute Gasteiger partial charge is 0.492 e. The van der Waals surface area contributed by atoms with Crippen LogP contribution in [0.15, 0.2) is 97.8 Å². The minimum absolute atomic E-state index is 0.0502. The van der Waals surface area contributed by atoms with Crippen LogP contribution in [0.25, 0.3) is 5.57 Å². The third kappa shape index (κ3) is 6.56. The van der Waals surface area contributed by atoms with Gasteiger partial charge in [0.15, 0.2) is 0 Å². The molecule has 4 nitrogen and oxygen atoms in total. The van der Waals surface area contributed by atoms with Crippen LogP contribution < -0.4 is 5.73 Å². The Labute approximate surface area is 197 Å². The fraction of sp³-hybridized carbons (Fsp3) is 0.276. The van der Waals surface area contributed by atoms with Gasteiger partial charge in [-0.1, -0.05) is 92.1 Å². The Kier molecular flexibility index (Phi) is 8.85. The summed E-state index contributed by atoms with van der Waals surface area (Å²) in [6.45, 7) is 11.1. The predicted octanol–water partition coefficient (Wildman–Crippen LogP) is 5.42. The van der Waals surface area contributed by atoms with Gasteiger partial charge in [-0.2, -0.15) is 0 Å². The van der Waals surface area contributed by atoms with Gasteiger partial charge in [0, 0.05) is 6.54 Å². The molecule has 2 atom stereocenters. The first-order valence-corrected chi connectivity index (χ1v) is 11.5. The van der Waals surface area contributed by atoms with E-state index in [-0.39, 0.29) is 11.9 Å². The molecule has 0 radical (unpaired) electrons. The summed E-state index contributed by atoms with van der Waals surface area (Å²) in [5.74, 6) is 0.580. The van der Waals surface area contributed by atoms with Gasteiger partial charge in [0.1, 0.15) is 12.4 Å². The number of hydrogen-bond acceptors (Lipinski definition) is 3. The van der Waals surface area contributed by atoms with E-state index < -0.39 is 6.04 Å². The van der Waals surface area contributed by atoms with E-state index in [0.29, 0.717) is 25.3 Å². The quantitative estimate of drug-likeness (QED) is 0.395. The van der Waals surface area contributed by atoms with E-state index in [9.17, 15) is 4.79 Å². The summed E-state index contributed by atoms with van der Waals surface area (Å²) in [5, 5.41) is 0. The zero-order valence-electron chi connectivity index (χ0n) is 19.5. The first-order valence-electron chi connectivity index (χ1n) is 11.5. The number of allylic oxidation sites excluding steroid dienone is 5. The summed E-state index contributed by atoms with van der Waals surface area (Å²) in [6.07, 6.45) is 10.1. The minimum atomic E-state index is -0.601. The zero-order valence-corrected chi connectivity index (χ0v) is 19.5. The van der Waals surface area contributed by atoms with Crippen LogP contribution in [0.3, 0.4) is 0 Å². The van der Waals surface area contributed by atoms with E-state index in [1.54, 1.807) is 0 Å². The molecular formula is C29H34N2O2. The molecule has 0 spiro atoms. The van der Waals surface area contributed by atoms with Crippen LogP contribution in [0, 0.1) is 0 Å². The summed E-state index contributed by atoms with van der Waals surface area (Å²) >= 11 is 0. The number of rotatable bonds is 10. The maximum atomic E-state index is 13.2. The third-order valence-electron chi connectivity index (χ3n) is 5.92. The lowest BCUT2D eigenvalue weighted by Gasteiger charge is -2.28. The maximum absolute atomic E-state index is 13.2. The fourth-order valence-electron chi connectivity index (χ4n) is 4.08. The van der Waals surface area contributed by atoms with E-state index in [0.717, 1.165) is 35.1 Å². The first-order chi connectivity index (χ1) is 16.0. The number of nitrogens with zero attached hydrogens (tertiary/aromatic N) is 1. The number of likely N-dealkylation sites (tertiary alicyclic amines) is 1. The average Bonchev–Trinajstić information content (AvgIpc) is 3.34. The molecule has 0 saturated carbocycles. The Morgan fingerprint density at radius 1 is 1.18 bits per heavy atom. The number of amides is 1. The van der Waals surface area contributed by atoms with Crippen molar-refractivity contribution in [3.05, 3.63) is 115 Å². The average molecular weight is 443 g/mol. The number of carbonyl (C=O) groups is 1. The molecule has 2 N–H and O–H groups in total. The van der Waals surface area contributed by atoms with E-state index in [4.69, 9.17) is 10.5 Å². The Morgan fingerprint density at radius 3 is 2.58 bits per heavy atom. The highest BCUT2D eigenvalue weighted by Gasteiger charge is 2.34. The van der Waals surface area contributed by atoms with Crippen LogP contribution in [-0.4, -0.2) is 29.4 Å². The van der Waals surface area contributed by atoms with Crippen LogP contribution in [-0.2, 0) is 22.6 Å². The van der Waals surface area contributed by atoms with Crippen LogP contribution in [0.2, 0.25) is 0 Å². The smallest absolute Gasteiger partial charge is 0.240 e. The van der Waals surface area contributed by atoms with Gasteiger partial charge >= 0.3 is 0 Å². The van der Waals surface area contributed by atoms with Crippen LogP contribution >= 0.6 is 0 Å². The monoisotopic (exact) mass is 442 g/mol. The SMILES string of the molecule is C=C/C(=C\C=C/C)c1ccc(C[C@H](N)C(=O)N2CCC[C@@H]2C(=C)OCc2ccccc2)cc1. The topological polar surface area (TPSA) is 55.6 Å². The molecule has 172 valence electrons. The highest BCUT2D eigenvalue weighted by Crippen LogP contribution is 2.25. The normalized spacial score (nSPS) is 17.2. The van der Waals surface area contributed by atoms with Crippen molar-refractivity contribution in [1.82, 2.24) is 4.90 Å². The zero-order chi connectivity index (χ0) is 23.6. The van der Waals surface area contributed by atoms with E-state index in [2.05, 4.69) is 13.2 Å². The molecule has 1 amide bonds. The Hall–Kier alpha value is -3.37. The first kappa shape index (κ1) is 24.3. The summed E-state index contributed by atoms with van der Waals surface area (Å²) < 4.78 is 5.92. The molecule has 0 aliphatic carbocycles. The third-order valence-corrected chi connectivity index (χ3v) is 5.92. The van der Waals surface area contributed by atoms with Crippen LogP contribution in [0.1, 0.15) is 36.5 Å². The number of ether oxygens (including phenoxy) is 1. The number of benzene rings is 2. The standard InChI is InChI=1S/C29H34N2O2/c1-4-6-13-25(5-2)26-17-15-23(16-18-26)20-27(30)29(32)31-19-10-14-28(31)22(3)33-21-24-11-8-7-9-12-24/h4-9,11-13,15-18,27-28H,2-3,10,14,19-21,30H2,1H3/b6-4-,25-13+/t27-,28+/m0/s1. The van der Waals surface area contributed by atoms with Gasteiger partial charge < -0.3 is 15.4 Å². The van der Waals surface area contributed by atoms with Crippen molar-refractivity contribution in [2.24, 2.45) is 5.73 Å². The van der Waals surface area contributed by atoms with Crippen LogP contribution in [0.4, 0.5) is 0 Å². The predicted molar refractivity (Wildman–Crippen MR) is 136 cm³/mol. The second-order valence-corrected chi connectivity index (χ2v) is 8.29. The molecule has 4 heteroatoms. The number of hydrogen-bond donors (Lipinski definition) is 1. The summed E-state index contributed by atoms with van der Waals surface area (Å²) in [7, 11) is 0. The lowest BCUT2D eigenvalue weighted by Crippen LogP contribution is -2.47. The molecule has 33 heavy (non-hydrogen) atoms. The van der Waals surface area contributed by atoms with Crippen molar-refractivity contribution in [1.29, 1.82) is 0 Å². The lowest BCUT2D eigenvalue weighted by atomic mass is 10.00. The van der Waals surface area contributed by atoms with E-state index in [1.165, 1.54) is 0 Å². The highest BCUT2D eigenvalue weighted by atomic mass is 16.5. The second kappa shape index (κ2) is 12.0. The van der Waals surface area contributed by atoms with E-state index in [1.807, 2.05) is 90.7 Å². The Morgan fingerprint density at radius 2 is 1.91 bits per heavy atom. The highest BCUT2D eigenvalue weighted by molar-refractivity contribution is 5.83. The molecule has 0 unspecified atom stereocenters. The summed E-state index contributed by atoms with van der Waals surface area (Å²) in [6, 6.07) is 17.4. The molecular weight excluding hydrogens is 408 g/mol. The number of carbonyl (C=O) groups excluding carboxylic acids is 1. The molecule has 3 rings (SSSR count). The van der Waals surface area contributed by atoms with Crippen molar-refractivity contribution in [2.75, 3.05) is 6.54 Å². The molecule has 1 heterocycles. The summed E-state index contributed by atoms with van der Waals surface area (Å²) in [5.41, 5.74) is 10.6. The van der Waals surface area contributed by atoms with Crippen molar-refractivity contribution >= 4 is 11.5 Å². The molecule has 2 aromatic carbocycles. The van der Waals surface area contributed by atoms with Crippen molar-refractivity contribution in [2.45, 2.75) is 44.9 Å². The summed E-state index contributed by atoms with van der Waals surface area (Å²) in [4.78, 5) is 15.0. The van der Waals surface area contributed by atoms with Gasteiger partial charge in [0.05, 0.1) is 12.1 Å². The van der Waals surface area contributed by atoms with Gasteiger partial charge in [-0.05, 0) is 48.4 Å². The molecule has 1 fully saturated rings. The van der Waals surface area contributed by atoms with Gasteiger partial charge in [0.25, 0.3) is 0 Å². The lowest BCUT2D eigenvalue weighted by molar-refractivity contribution is -0.133. The minimum Gasteiger partial charge on any atom is -0.492 e. The van der Waals surface area contributed by atoms with Gasteiger partial charge in [-0.25, -0.2) is 0 Å². The molecule has 0 aromatic heterocycles. The maximum Gasteiger partial charge on any atom is 0.240 e. The van der Waals surface area contributed by atoms with Crippen molar-refractivity contribution in [3.63, 3.8) is 0 Å². The Balaban J connectivity index is 1.59. The molecule has 1 aliphatic rings. The molecule has 2 aromatic rings. The van der Waals surface area contributed by atoms with Crippen LogP contribution in [0.5, 0.6) is 0 Å². The van der Waals surface area contributed by atoms with Gasteiger partial charge in [-0.15, -0.1) is 0 Å². The van der Waals surface area contributed by atoms with Crippen molar-refractivity contribution in [3.8, 4) is 0 Å². The second-order valence-electron chi connectivity index (χ2n) is 8.29.